The molecule has 96 valence electrons. The van der Waals surface area contributed by atoms with E-state index in [4.69, 9.17) is 9.84 Å². The normalized spacial score (nSPS) is 10.8. The number of aliphatic hydroxyl groups excluding tert-OH is 1. The Morgan fingerprint density at radius 2 is 1.95 bits per heavy atom. The number of aromatic nitrogens is 1. The maximum absolute atomic E-state index is 9.08. The van der Waals surface area contributed by atoms with Crippen molar-refractivity contribution in [2.75, 3.05) is 7.11 Å². The van der Waals surface area contributed by atoms with E-state index in [9.17, 15) is 0 Å². The summed E-state index contributed by atoms with van der Waals surface area (Å²) in [5.74, 6) is 0.858. The van der Waals surface area contributed by atoms with Crippen LogP contribution in [0.25, 0.3) is 21.3 Å². The second-order valence-electron chi connectivity index (χ2n) is 4.22. The molecule has 0 spiro atoms. The highest BCUT2D eigenvalue weighted by atomic mass is 32.1. The predicted octanol–water partition coefficient (Wildman–Crippen LogP) is 3.46. The van der Waals surface area contributed by atoms with Crippen molar-refractivity contribution in [1.29, 1.82) is 0 Å². The first-order valence-corrected chi connectivity index (χ1v) is 6.75. The fourth-order valence-corrected chi connectivity index (χ4v) is 2.77. The molecule has 3 nitrogen and oxygen atoms in total. The number of ether oxygens (including phenoxy) is 1. The Balaban J connectivity index is 2.06. The van der Waals surface area contributed by atoms with Gasteiger partial charge in [0.25, 0.3) is 0 Å². The quantitative estimate of drug-likeness (QED) is 0.793. The molecular formula is C15H13NO2S. The smallest absolute Gasteiger partial charge is 0.123 e. The number of benzene rings is 2. The Morgan fingerprint density at radius 1 is 1.16 bits per heavy atom. The zero-order chi connectivity index (χ0) is 13.2. The molecule has 2 aromatic carbocycles. The average molecular weight is 271 g/mol. The topological polar surface area (TPSA) is 42.4 Å². The molecule has 0 amide bonds. The van der Waals surface area contributed by atoms with Gasteiger partial charge in [-0.3, -0.25) is 0 Å². The Labute approximate surface area is 115 Å². The van der Waals surface area contributed by atoms with Gasteiger partial charge in [0.1, 0.15) is 10.8 Å². The molecule has 0 saturated heterocycles. The SMILES string of the molecule is COc1ccc2cc(-c3ncc(CO)s3)ccc2c1. The summed E-state index contributed by atoms with van der Waals surface area (Å²) in [7, 11) is 1.67. The molecule has 0 radical (unpaired) electrons. The van der Waals surface area contributed by atoms with Crippen LogP contribution in [-0.4, -0.2) is 17.2 Å². The molecule has 0 aliphatic carbocycles. The molecule has 0 saturated carbocycles. The summed E-state index contributed by atoms with van der Waals surface area (Å²) in [6, 6.07) is 12.2. The van der Waals surface area contributed by atoms with Crippen molar-refractivity contribution in [3.8, 4) is 16.3 Å². The van der Waals surface area contributed by atoms with Gasteiger partial charge in [-0.25, -0.2) is 4.98 Å². The third-order valence-electron chi connectivity index (χ3n) is 3.00. The monoisotopic (exact) mass is 271 g/mol. The second-order valence-corrected chi connectivity index (χ2v) is 5.33. The van der Waals surface area contributed by atoms with E-state index in [1.807, 2.05) is 24.3 Å². The highest BCUT2D eigenvalue weighted by Gasteiger charge is 2.05. The molecule has 3 rings (SSSR count). The van der Waals surface area contributed by atoms with Gasteiger partial charge in [-0.1, -0.05) is 18.2 Å². The van der Waals surface area contributed by atoms with Crippen molar-refractivity contribution in [3.05, 3.63) is 47.5 Å². The largest absolute Gasteiger partial charge is 0.497 e. The molecule has 0 aliphatic heterocycles. The third-order valence-corrected chi connectivity index (χ3v) is 4.03. The molecule has 0 atom stereocenters. The van der Waals surface area contributed by atoms with Gasteiger partial charge in [0.2, 0.25) is 0 Å². The zero-order valence-electron chi connectivity index (χ0n) is 10.5. The summed E-state index contributed by atoms with van der Waals surface area (Å²) < 4.78 is 5.22. The number of hydrogen-bond acceptors (Lipinski definition) is 4. The summed E-state index contributed by atoms with van der Waals surface area (Å²) in [4.78, 5) is 5.21. The van der Waals surface area contributed by atoms with Gasteiger partial charge in [0.15, 0.2) is 0 Å². The minimum atomic E-state index is 0.0441. The van der Waals surface area contributed by atoms with Crippen molar-refractivity contribution in [3.63, 3.8) is 0 Å². The minimum Gasteiger partial charge on any atom is -0.497 e. The summed E-state index contributed by atoms with van der Waals surface area (Å²) >= 11 is 1.52. The van der Waals surface area contributed by atoms with Gasteiger partial charge in [-0.2, -0.15) is 0 Å². The first-order chi connectivity index (χ1) is 9.30. The number of rotatable bonds is 3. The molecule has 0 bridgehead atoms. The van der Waals surface area contributed by atoms with Gasteiger partial charge in [0.05, 0.1) is 18.6 Å². The lowest BCUT2D eigenvalue weighted by atomic mass is 10.1. The standard InChI is InChI=1S/C15H13NO2S/c1-18-13-5-4-10-6-12(3-2-11(10)7-13)15-16-8-14(9-17)19-15/h2-8,17H,9H2,1H3. The first-order valence-electron chi connectivity index (χ1n) is 5.94. The van der Waals surface area contributed by atoms with Gasteiger partial charge in [-0.15, -0.1) is 11.3 Å². The average Bonchev–Trinajstić information content (AvgIpc) is 2.95. The van der Waals surface area contributed by atoms with E-state index in [1.165, 1.54) is 11.3 Å². The Hall–Kier alpha value is -1.91. The van der Waals surface area contributed by atoms with Crippen LogP contribution in [-0.2, 0) is 6.61 Å². The Kier molecular flexibility index (Phi) is 3.19. The lowest BCUT2D eigenvalue weighted by molar-refractivity contribution is 0.285. The number of thiazole rings is 1. The van der Waals surface area contributed by atoms with Crippen LogP contribution in [0.15, 0.2) is 42.6 Å². The fourth-order valence-electron chi connectivity index (χ4n) is 2.00. The molecule has 1 aromatic heterocycles. The molecule has 19 heavy (non-hydrogen) atoms. The lowest BCUT2D eigenvalue weighted by Gasteiger charge is -2.04. The molecule has 1 heterocycles. The van der Waals surface area contributed by atoms with Gasteiger partial charge >= 0.3 is 0 Å². The molecular weight excluding hydrogens is 258 g/mol. The molecule has 0 fully saturated rings. The van der Waals surface area contributed by atoms with Gasteiger partial charge in [-0.05, 0) is 29.0 Å². The maximum atomic E-state index is 9.08. The highest BCUT2D eigenvalue weighted by Crippen LogP contribution is 2.29. The zero-order valence-corrected chi connectivity index (χ0v) is 11.3. The van der Waals surface area contributed by atoms with Crippen LogP contribution in [0.1, 0.15) is 4.88 Å². The lowest BCUT2D eigenvalue weighted by Crippen LogP contribution is -1.83. The predicted molar refractivity (Wildman–Crippen MR) is 77.5 cm³/mol. The number of methoxy groups -OCH3 is 1. The van der Waals surface area contributed by atoms with Crippen molar-refractivity contribution in [1.82, 2.24) is 4.98 Å². The highest BCUT2D eigenvalue weighted by molar-refractivity contribution is 7.15. The van der Waals surface area contributed by atoms with Crippen LogP contribution in [0.5, 0.6) is 5.75 Å². The third kappa shape index (κ3) is 2.32. The van der Waals surface area contributed by atoms with E-state index >= 15 is 0 Å². The molecule has 0 aliphatic rings. The van der Waals surface area contributed by atoms with E-state index < -0.39 is 0 Å². The van der Waals surface area contributed by atoms with Crippen LogP contribution >= 0.6 is 11.3 Å². The van der Waals surface area contributed by atoms with Crippen LogP contribution in [0, 0.1) is 0 Å². The van der Waals surface area contributed by atoms with Crippen LogP contribution < -0.4 is 4.74 Å². The summed E-state index contributed by atoms with van der Waals surface area (Å²) in [5.41, 5.74) is 1.07. The van der Waals surface area contributed by atoms with E-state index in [0.29, 0.717) is 0 Å². The number of hydrogen-bond donors (Lipinski definition) is 1. The van der Waals surface area contributed by atoms with Gasteiger partial charge in [0, 0.05) is 11.8 Å². The maximum Gasteiger partial charge on any atom is 0.123 e. The molecule has 4 heteroatoms. The molecule has 1 N–H and O–H groups in total. The Morgan fingerprint density at radius 3 is 2.68 bits per heavy atom. The Bertz CT molecular complexity index is 721. The van der Waals surface area contributed by atoms with Crippen molar-refractivity contribution in [2.45, 2.75) is 6.61 Å². The molecule has 0 unspecified atom stereocenters. The number of nitrogens with zero attached hydrogens (tertiary/aromatic N) is 1. The van der Waals surface area contributed by atoms with Crippen LogP contribution in [0.2, 0.25) is 0 Å². The summed E-state index contributed by atoms with van der Waals surface area (Å²) in [6.07, 6.45) is 1.72. The fraction of sp³-hybridized carbons (Fsp3) is 0.133. The number of fused-ring (bicyclic) bond motifs is 1. The van der Waals surface area contributed by atoms with Crippen molar-refractivity contribution in [2.24, 2.45) is 0 Å². The van der Waals surface area contributed by atoms with E-state index in [2.05, 4.69) is 17.1 Å². The summed E-state index contributed by atoms with van der Waals surface area (Å²) in [6.45, 7) is 0.0441. The van der Waals surface area contributed by atoms with Gasteiger partial charge < -0.3 is 9.84 Å². The van der Waals surface area contributed by atoms with E-state index in [1.54, 1.807) is 13.3 Å². The van der Waals surface area contributed by atoms with E-state index in [0.717, 1.165) is 32.0 Å². The minimum absolute atomic E-state index is 0.0441. The van der Waals surface area contributed by atoms with Crippen molar-refractivity contribution >= 4 is 22.1 Å². The second kappa shape index (κ2) is 4.99. The van der Waals surface area contributed by atoms with Crippen molar-refractivity contribution < 1.29 is 9.84 Å². The first kappa shape index (κ1) is 12.1. The summed E-state index contributed by atoms with van der Waals surface area (Å²) in [5, 5.41) is 12.3. The number of aliphatic hydroxyl groups is 1. The van der Waals surface area contributed by atoms with E-state index in [-0.39, 0.29) is 6.61 Å². The van der Waals surface area contributed by atoms with Crippen LogP contribution in [0.3, 0.4) is 0 Å². The van der Waals surface area contributed by atoms with Crippen LogP contribution in [0.4, 0.5) is 0 Å². The molecule has 3 aromatic rings.